The van der Waals surface area contributed by atoms with Gasteiger partial charge >= 0.3 is 0 Å². The second-order valence-corrected chi connectivity index (χ2v) is 6.19. The van der Waals surface area contributed by atoms with Crippen LogP contribution in [0.15, 0.2) is 0 Å². The Labute approximate surface area is 90.4 Å². The van der Waals surface area contributed by atoms with Crippen molar-refractivity contribution in [3.05, 3.63) is 10.1 Å². The Morgan fingerprint density at radius 2 is 1.67 bits per heavy atom. The first-order chi connectivity index (χ1) is 6.81. The first-order valence-electron chi connectivity index (χ1n) is 5.74. The SMILES string of the molecule is CC1(N)CC2CC(C1)CC(C)([N+](=O)[O-])C2. The Morgan fingerprint density at radius 1 is 1.20 bits per heavy atom. The number of rotatable bonds is 1. The maximum absolute atomic E-state index is 11.0. The lowest BCUT2D eigenvalue weighted by atomic mass is 9.61. The quantitative estimate of drug-likeness (QED) is 0.533. The molecule has 0 amide bonds. The van der Waals surface area contributed by atoms with Crippen molar-refractivity contribution in [1.29, 1.82) is 0 Å². The van der Waals surface area contributed by atoms with Crippen LogP contribution in [-0.4, -0.2) is 16.0 Å². The Kier molecular flexibility index (Phi) is 2.30. The van der Waals surface area contributed by atoms with Crippen molar-refractivity contribution in [3.63, 3.8) is 0 Å². The van der Waals surface area contributed by atoms with Crippen LogP contribution in [0.4, 0.5) is 0 Å². The molecule has 2 saturated carbocycles. The van der Waals surface area contributed by atoms with E-state index in [1.807, 2.05) is 0 Å². The Morgan fingerprint density at radius 3 is 2.07 bits per heavy atom. The Balaban J connectivity index is 2.15. The molecule has 0 saturated heterocycles. The van der Waals surface area contributed by atoms with Crippen molar-refractivity contribution >= 4 is 0 Å². The van der Waals surface area contributed by atoms with E-state index in [1.54, 1.807) is 6.92 Å². The van der Waals surface area contributed by atoms with E-state index in [4.69, 9.17) is 5.73 Å². The average molecular weight is 212 g/mol. The molecule has 0 radical (unpaired) electrons. The molecule has 2 N–H and O–H groups in total. The summed E-state index contributed by atoms with van der Waals surface area (Å²) in [6.45, 7) is 3.88. The van der Waals surface area contributed by atoms with E-state index in [0.717, 1.165) is 19.3 Å². The van der Waals surface area contributed by atoms with Gasteiger partial charge in [-0.3, -0.25) is 10.1 Å². The fraction of sp³-hybridized carbons (Fsp3) is 1.00. The van der Waals surface area contributed by atoms with Crippen molar-refractivity contribution in [1.82, 2.24) is 0 Å². The van der Waals surface area contributed by atoms with Crippen LogP contribution in [0.2, 0.25) is 0 Å². The van der Waals surface area contributed by atoms with Gasteiger partial charge in [0.15, 0.2) is 0 Å². The zero-order valence-corrected chi connectivity index (χ0v) is 9.53. The monoisotopic (exact) mass is 212 g/mol. The highest BCUT2D eigenvalue weighted by atomic mass is 16.6. The van der Waals surface area contributed by atoms with Crippen molar-refractivity contribution in [2.24, 2.45) is 17.6 Å². The van der Waals surface area contributed by atoms with Crippen LogP contribution in [0.1, 0.15) is 46.0 Å². The summed E-state index contributed by atoms with van der Waals surface area (Å²) >= 11 is 0. The lowest BCUT2D eigenvalue weighted by Gasteiger charge is -2.46. The fourth-order valence-electron chi connectivity index (χ4n) is 3.83. The standard InChI is InChI=1S/C11H20N2O2/c1-10(12)4-8-3-9(5-10)7-11(2,6-8)13(14)15/h8-9H,3-7,12H2,1-2H3. The molecule has 2 fully saturated rings. The predicted molar refractivity (Wildman–Crippen MR) is 58.1 cm³/mol. The molecule has 2 aliphatic carbocycles. The van der Waals surface area contributed by atoms with E-state index >= 15 is 0 Å². The number of hydrogen-bond donors (Lipinski definition) is 1. The molecule has 0 aliphatic heterocycles. The second kappa shape index (κ2) is 3.17. The van der Waals surface area contributed by atoms with Crippen molar-refractivity contribution < 1.29 is 4.92 Å². The minimum absolute atomic E-state index is 0.0780. The van der Waals surface area contributed by atoms with Gasteiger partial charge in [0, 0.05) is 30.2 Å². The summed E-state index contributed by atoms with van der Waals surface area (Å²) in [6.07, 6.45) is 4.47. The van der Waals surface area contributed by atoms with Crippen LogP contribution in [0.25, 0.3) is 0 Å². The van der Waals surface area contributed by atoms with Crippen LogP contribution < -0.4 is 5.73 Å². The van der Waals surface area contributed by atoms with Gasteiger partial charge in [0.05, 0.1) is 0 Å². The summed E-state index contributed by atoms with van der Waals surface area (Å²) in [5, 5.41) is 11.0. The van der Waals surface area contributed by atoms with Gasteiger partial charge in [-0.2, -0.15) is 0 Å². The van der Waals surface area contributed by atoms with Crippen LogP contribution in [0, 0.1) is 22.0 Å². The lowest BCUT2D eigenvalue weighted by molar-refractivity contribution is -0.574. The summed E-state index contributed by atoms with van der Waals surface area (Å²) < 4.78 is 0. The summed E-state index contributed by atoms with van der Waals surface area (Å²) in [5.41, 5.74) is 5.38. The van der Waals surface area contributed by atoms with E-state index in [0.29, 0.717) is 24.7 Å². The molecule has 2 rings (SSSR count). The van der Waals surface area contributed by atoms with E-state index in [2.05, 4.69) is 6.92 Å². The van der Waals surface area contributed by atoms with Gasteiger partial charge in [0.25, 0.3) is 0 Å². The molecular formula is C11H20N2O2. The normalized spacial score (nSPS) is 50.1. The number of nitrogens with two attached hydrogens (primary N) is 1. The zero-order valence-electron chi connectivity index (χ0n) is 9.53. The third kappa shape index (κ3) is 2.00. The molecule has 4 heteroatoms. The van der Waals surface area contributed by atoms with E-state index < -0.39 is 5.54 Å². The van der Waals surface area contributed by atoms with E-state index in [-0.39, 0.29) is 10.5 Å². The number of fused-ring (bicyclic) bond motifs is 2. The van der Waals surface area contributed by atoms with Gasteiger partial charge in [-0.25, -0.2) is 0 Å². The maximum Gasteiger partial charge on any atom is 0.220 e. The van der Waals surface area contributed by atoms with Gasteiger partial charge in [0.2, 0.25) is 5.54 Å². The van der Waals surface area contributed by atoms with E-state index in [9.17, 15) is 10.1 Å². The predicted octanol–water partition coefficient (Wildman–Crippen LogP) is 1.95. The van der Waals surface area contributed by atoms with Crippen molar-refractivity contribution in [2.45, 2.75) is 57.0 Å². The summed E-state index contributed by atoms with van der Waals surface area (Å²) in [7, 11) is 0. The van der Waals surface area contributed by atoms with Crippen molar-refractivity contribution in [3.8, 4) is 0 Å². The molecule has 4 nitrogen and oxygen atoms in total. The summed E-state index contributed by atoms with van der Waals surface area (Å²) in [4.78, 5) is 11.0. The molecule has 86 valence electrons. The molecule has 2 bridgehead atoms. The third-order valence-electron chi connectivity index (χ3n) is 4.07. The zero-order chi connectivity index (χ0) is 11.3. The van der Waals surface area contributed by atoms with Gasteiger partial charge in [-0.1, -0.05) is 0 Å². The Hall–Kier alpha value is -0.640. The first-order valence-corrected chi connectivity index (χ1v) is 5.74. The van der Waals surface area contributed by atoms with Gasteiger partial charge in [-0.05, 0) is 38.0 Å². The summed E-state index contributed by atoms with van der Waals surface area (Å²) in [6, 6.07) is 0. The minimum atomic E-state index is -0.690. The van der Waals surface area contributed by atoms with Crippen molar-refractivity contribution in [2.75, 3.05) is 0 Å². The fourth-order valence-corrected chi connectivity index (χ4v) is 3.83. The van der Waals surface area contributed by atoms with Crippen LogP contribution >= 0.6 is 0 Å². The highest BCUT2D eigenvalue weighted by Gasteiger charge is 2.50. The molecule has 2 unspecified atom stereocenters. The van der Waals surface area contributed by atoms with Gasteiger partial charge < -0.3 is 5.73 Å². The average Bonchev–Trinajstić information content (AvgIpc) is 1.97. The molecule has 0 spiro atoms. The maximum atomic E-state index is 11.0. The van der Waals surface area contributed by atoms with Crippen LogP contribution in [-0.2, 0) is 0 Å². The molecule has 0 heterocycles. The largest absolute Gasteiger partial charge is 0.325 e. The van der Waals surface area contributed by atoms with Crippen LogP contribution in [0.5, 0.6) is 0 Å². The van der Waals surface area contributed by atoms with E-state index in [1.165, 1.54) is 0 Å². The van der Waals surface area contributed by atoms with Gasteiger partial charge in [-0.15, -0.1) is 0 Å². The third-order valence-corrected chi connectivity index (χ3v) is 4.07. The number of nitrogens with zero attached hydrogens (tertiary/aromatic N) is 1. The first kappa shape index (κ1) is 10.9. The lowest BCUT2D eigenvalue weighted by Crippen LogP contribution is -2.52. The number of nitro groups is 1. The smallest absolute Gasteiger partial charge is 0.220 e. The molecule has 0 aromatic carbocycles. The Bertz CT molecular complexity index is 272. The molecule has 15 heavy (non-hydrogen) atoms. The highest BCUT2D eigenvalue weighted by Crippen LogP contribution is 2.47. The second-order valence-electron chi connectivity index (χ2n) is 6.19. The van der Waals surface area contributed by atoms with Gasteiger partial charge in [0.1, 0.15) is 0 Å². The minimum Gasteiger partial charge on any atom is -0.325 e. The topological polar surface area (TPSA) is 69.2 Å². The molecule has 0 aromatic heterocycles. The molecule has 2 aliphatic rings. The summed E-state index contributed by atoms with van der Waals surface area (Å²) in [5.74, 6) is 0.922. The highest BCUT2D eigenvalue weighted by molar-refractivity contribution is 4.98. The molecule has 0 aromatic rings. The molecule has 2 atom stereocenters. The molecular weight excluding hydrogens is 192 g/mol. The van der Waals surface area contributed by atoms with Crippen LogP contribution in [0.3, 0.4) is 0 Å². The number of hydrogen-bond acceptors (Lipinski definition) is 3.